The quantitative estimate of drug-likeness (QED) is 0.146. The fourth-order valence-corrected chi connectivity index (χ4v) is 12.0. The molecule has 0 aromatic heterocycles. The van der Waals surface area contributed by atoms with E-state index in [1.54, 1.807) is 0 Å². The molecule has 0 bridgehead atoms. The van der Waals surface area contributed by atoms with Crippen molar-refractivity contribution in [2.75, 3.05) is 0 Å². The summed E-state index contributed by atoms with van der Waals surface area (Å²) >= 11 is 0. The number of rotatable bonds is 6. The lowest BCUT2D eigenvalue weighted by Gasteiger charge is -2.17. The molecule has 0 unspecified atom stereocenters. The Hall–Kier alpha value is -9.10. The third-order valence-electron chi connectivity index (χ3n) is 15.3. The summed E-state index contributed by atoms with van der Waals surface area (Å²) in [5.41, 5.74) is 14.8. The van der Waals surface area contributed by atoms with Crippen molar-refractivity contribution in [3.05, 3.63) is 255 Å². The summed E-state index contributed by atoms with van der Waals surface area (Å²) in [5, 5.41) is 20.6. The molecule has 0 aliphatic heterocycles. The predicted octanol–water partition coefficient (Wildman–Crippen LogP) is 19.8. The maximum atomic E-state index is 2.37. The number of hydrogen-bond acceptors (Lipinski definition) is 0. The molecule has 0 heterocycles. The van der Waals surface area contributed by atoms with Gasteiger partial charge in [-0.15, -0.1) is 0 Å². The van der Waals surface area contributed by atoms with Crippen molar-refractivity contribution in [2.24, 2.45) is 0 Å². The lowest BCUT2D eigenvalue weighted by Crippen LogP contribution is -1.90. The van der Waals surface area contributed by atoms with Crippen LogP contribution in [-0.2, 0) is 0 Å². The normalized spacial score (nSPS) is 12.0. The van der Waals surface area contributed by atoms with Gasteiger partial charge in [0.05, 0.1) is 0 Å². The Morgan fingerprint density at radius 1 is 0.143 bits per heavy atom. The Labute approximate surface area is 405 Å². The smallest absolute Gasteiger partial charge is 0.00203 e. The minimum atomic E-state index is 1.20. The van der Waals surface area contributed by atoms with Crippen LogP contribution in [0.4, 0.5) is 0 Å². The van der Waals surface area contributed by atoms with Crippen LogP contribution in [0, 0.1) is 0 Å². The summed E-state index contributed by atoms with van der Waals surface area (Å²) in [4.78, 5) is 0. The van der Waals surface area contributed by atoms with Gasteiger partial charge in [0, 0.05) is 0 Å². The van der Waals surface area contributed by atoms with Gasteiger partial charge < -0.3 is 0 Å². The highest BCUT2D eigenvalue weighted by Crippen LogP contribution is 2.46. The Balaban J connectivity index is 0.799. The first-order valence-electron chi connectivity index (χ1n) is 24.4. The van der Waals surface area contributed by atoms with Crippen LogP contribution in [-0.4, -0.2) is 0 Å². The van der Waals surface area contributed by atoms with Crippen LogP contribution < -0.4 is 0 Å². The van der Waals surface area contributed by atoms with Crippen LogP contribution in [0.3, 0.4) is 0 Å². The van der Waals surface area contributed by atoms with Gasteiger partial charge in [-0.05, 0) is 177 Å². The summed E-state index contributed by atoms with van der Waals surface area (Å²) in [5.74, 6) is 0. The number of fused-ring (bicyclic) bond motifs is 2. The molecule has 0 aliphatic rings. The Kier molecular flexibility index (Phi) is 8.46. The van der Waals surface area contributed by atoms with Crippen molar-refractivity contribution >= 4 is 86.2 Å². The lowest BCUT2D eigenvalue weighted by molar-refractivity contribution is 1.58. The number of hydrogen-bond donors (Lipinski definition) is 0. The van der Waals surface area contributed by atoms with Gasteiger partial charge in [0.2, 0.25) is 0 Å². The maximum Gasteiger partial charge on any atom is -0.00203 e. The predicted molar refractivity (Wildman–Crippen MR) is 301 cm³/mol. The summed E-state index contributed by atoms with van der Waals surface area (Å²) < 4.78 is 0. The van der Waals surface area contributed by atoms with Crippen LogP contribution >= 0.6 is 0 Å². The fraction of sp³-hybridized carbons (Fsp3) is 0. The second kappa shape index (κ2) is 15.2. The molecular formula is C70H42. The van der Waals surface area contributed by atoms with Crippen molar-refractivity contribution in [3.8, 4) is 66.8 Å². The average molecular weight is 883 g/mol. The van der Waals surface area contributed by atoms with E-state index in [0.717, 1.165) is 0 Å². The first-order chi connectivity index (χ1) is 34.7. The van der Waals surface area contributed by atoms with Crippen LogP contribution in [0.5, 0.6) is 0 Å². The molecule has 0 heteroatoms. The Bertz CT molecular complexity index is 4580. The molecule has 0 aliphatic carbocycles. The second-order valence-corrected chi connectivity index (χ2v) is 19.1. The molecule has 70 heavy (non-hydrogen) atoms. The largest absolute Gasteiger partial charge is 0.0616 e. The molecule has 15 aromatic rings. The highest BCUT2D eigenvalue weighted by atomic mass is 14.2. The summed E-state index contributed by atoms with van der Waals surface area (Å²) in [6.45, 7) is 0. The maximum absolute atomic E-state index is 2.37. The van der Waals surface area contributed by atoms with Crippen molar-refractivity contribution in [1.29, 1.82) is 0 Å². The van der Waals surface area contributed by atoms with E-state index < -0.39 is 0 Å². The zero-order valence-corrected chi connectivity index (χ0v) is 38.2. The van der Waals surface area contributed by atoms with Crippen LogP contribution in [0.1, 0.15) is 0 Å². The van der Waals surface area contributed by atoms with Gasteiger partial charge in [0.15, 0.2) is 0 Å². The molecule has 0 saturated heterocycles. The van der Waals surface area contributed by atoms with E-state index in [1.807, 2.05) is 0 Å². The molecular weight excluding hydrogens is 841 g/mol. The van der Waals surface area contributed by atoms with E-state index in [9.17, 15) is 0 Å². The first-order valence-corrected chi connectivity index (χ1v) is 24.4. The standard InChI is InChI=1S/C70H42/c1-2-11-49-40-56(22-21-43(49)9-1)60-33-25-46-27-35-63-58(31-23-45-28-37-65(60)68(46)67(45)63)54-17-6-15-52(41-54)50-13-5-14-51(39-50)53-16-7-18-55(42-53)59-32-24-47-30-38-66-62(34-26-48-29-36-64(59)69(47)70(48)66)61-20-8-12-44-10-3-4-19-57(44)61/h1-42H. The first kappa shape index (κ1) is 38.9. The zero-order chi connectivity index (χ0) is 45.9. The van der Waals surface area contributed by atoms with Gasteiger partial charge in [-0.2, -0.15) is 0 Å². The van der Waals surface area contributed by atoms with Crippen molar-refractivity contribution in [2.45, 2.75) is 0 Å². The molecule has 0 amide bonds. The van der Waals surface area contributed by atoms with E-state index in [1.165, 1.54) is 153 Å². The monoisotopic (exact) mass is 882 g/mol. The molecule has 0 radical (unpaired) electrons. The second-order valence-electron chi connectivity index (χ2n) is 19.1. The SMILES string of the molecule is c1cc(-c2cccc(-c3ccc4ccc5c(-c6ccc7ccccc7c6)ccc6ccc3c4c65)c2)cc(-c2cccc(-c3ccc4ccc5c(-c6cccc7ccccc67)ccc6ccc3c4c65)c2)c1. The summed E-state index contributed by atoms with van der Waals surface area (Å²) in [6.07, 6.45) is 0. The van der Waals surface area contributed by atoms with Crippen LogP contribution in [0.25, 0.3) is 153 Å². The topological polar surface area (TPSA) is 0 Å². The fourth-order valence-electron chi connectivity index (χ4n) is 12.0. The Morgan fingerprint density at radius 3 is 0.986 bits per heavy atom. The van der Waals surface area contributed by atoms with Crippen LogP contribution in [0.15, 0.2) is 255 Å². The summed E-state index contributed by atoms with van der Waals surface area (Å²) in [6, 6.07) is 95.2. The molecule has 0 nitrogen and oxygen atoms in total. The zero-order valence-electron chi connectivity index (χ0n) is 38.2. The molecule has 15 rings (SSSR count). The van der Waals surface area contributed by atoms with E-state index in [2.05, 4.69) is 255 Å². The molecule has 0 fully saturated rings. The van der Waals surface area contributed by atoms with E-state index in [-0.39, 0.29) is 0 Å². The van der Waals surface area contributed by atoms with Gasteiger partial charge in [0.25, 0.3) is 0 Å². The number of benzene rings is 15. The lowest BCUT2D eigenvalue weighted by atomic mass is 9.86. The minimum Gasteiger partial charge on any atom is -0.0616 e. The highest BCUT2D eigenvalue weighted by molar-refractivity contribution is 6.29. The van der Waals surface area contributed by atoms with E-state index >= 15 is 0 Å². The van der Waals surface area contributed by atoms with Gasteiger partial charge in [0.1, 0.15) is 0 Å². The molecule has 0 atom stereocenters. The van der Waals surface area contributed by atoms with Gasteiger partial charge in [-0.25, -0.2) is 0 Å². The molecule has 322 valence electrons. The van der Waals surface area contributed by atoms with Crippen molar-refractivity contribution in [3.63, 3.8) is 0 Å². The third-order valence-corrected chi connectivity index (χ3v) is 15.3. The average Bonchev–Trinajstić information content (AvgIpc) is 3.43. The van der Waals surface area contributed by atoms with Crippen molar-refractivity contribution in [1.82, 2.24) is 0 Å². The minimum absolute atomic E-state index is 1.20. The third kappa shape index (κ3) is 5.97. The van der Waals surface area contributed by atoms with Gasteiger partial charge in [-0.3, -0.25) is 0 Å². The molecule has 0 saturated carbocycles. The van der Waals surface area contributed by atoms with Crippen molar-refractivity contribution < 1.29 is 0 Å². The van der Waals surface area contributed by atoms with Gasteiger partial charge in [-0.1, -0.05) is 231 Å². The molecule has 0 spiro atoms. The molecule has 0 N–H and O–H groups in total. The molecule has 15 aromatic carbocycles. The van der Waals surface area contributed by atoms with E-state index in [4.69, 9.17) is 0 Å². The van der Waals surface area contributed by atoms with E-state index in [0.29, 0.717) is 0 Å². The Morgan fingerprint density at radius 2 is 0.471 bits per heavy atom. The summed E-state index contributed by atoms with van der Waals surface area (Å²) in [7, 11) is 0. The van der Waals surface area contributed by atoms with Gasteiger partial charge >= 0.3 is 0 Å². The van der Waals surface area contributed by atoms with Crippen LogP contribution in [0.2, 0.25) is 0 Å². The highest BCUT2D eigenvalue weighted by Gasteiger charge is 2.18.